The van der Waals surface area contributed by atoms with Gasteiger partial charge < -0.3 is 4.74 Å². The number of pyridine rings is 1. The third kappa shape index (κ3) is 3.39. The molecule has 1 aromatic heterocycles. The molecule has 0 radical (unpaired) electrons. The molecule has 1 aromatic carbocycles. The number of benzene rings is 1. The van der Waals surface area contributed by atoms with Crippen molar-refractivity contribution in [2.24, 2.45) is 0 Å². The largest absolute Gasteiger partial charge is 0.490 e. The molecule has 2 saturated heterocycles. The summed E-state index contributed by atoms with van der Waals surface area (Å²) in [5.41, 5.74) is 1.15. The minimum atomic E-state index is 0.250. The number of hydrogen-bond donors (Lipinski definition) is 0. The minimum absolute atomic E-state index is 0.250. The molecule has 2 bridgehead atoms. The van der Waals surface area contributed by atoms with E-state index in [-0.39, 0.29) is 6.10 Å². The van der Waals surface area contributed by atoms with Crippen molar-refractivity contribution in [2.45, 2.75) is 50.4 Å². The summed E-state index contributed by atoms with van der Waals surface area (Å²) in [6.45, 7) is 0.940. The first-order chi connectivity index (χ1) is 11.7. The first-order valence-corrected chi connectivity index (χ1v) is 9.22. The Hall–Kier alpha value is -1.29. The third-order valence-corrected chi connectivity index (χ3v) is 5.84. The van der Waals surface area contributed by atoms with Gasteiger partial charge in [0.1, 0.15) is 11.9 Å². The highest BCUT2D eigenvalue weighted by molar-refractivity contribution is 6.42. The molecule has 0 spiro atoms. The van der Waals surface area contributed by atoms with Crippen molar-refractivity contribution in [3.05, 3.63) is 58.3 Å². The Kier molecular flexibility index (Phi) is 4.66. The number of ether oxygens (including phenoxy) is 1. The molecule has 126 valence electrons. The highest BCUT2D eigenvalue weighted by atomic mass is 35.5. The Morgan fingerprint density at radius 3 is 2.50 bits per heavy atom. The smallest absolute Gasteiger partial charge is 0.121 e. The third-order valence-electron chi connectivity index (χ3n) is 5.11. The lowest BCUT2D eigenvalue weighted by Gasteiger charge is -2.38. The highest BCUT2D eigenvalue weighted by Gasteiger charge is 2.41. The van der Waals surface area contributed by atoms with Crippen LogP contribution in [0, 0.1) is 0 Å². The normalized spacial score (nSPS) is 26.5. The van der Waals surface area contributed by atoms with E-state index in [9.17, 15) is 0 Å². The second-order valence-electron chi connectivity index (χ2n) is 6.67. The van der Waals surface area contributed by atoms with Crippen LogP contribution >= 0.6 is 23.2 Å². The highest BCUT2D eigenvalue weighted by Crippen LogP contribution is 2.38. The molecule has 2 atom stereocenters. The molecule has 0 amide bonds. The van der Waals surface area contributed by atoms with Gasteiger partial charge in [-0.25, -0.2) is 0 Å². The van der Waals surface area contributed by atoms with Crippen LogP contribution in [0.1, 0.15) is 31.4 Å². The van der Waals surface area contributed by atoms with E-state index in [0.29, 0.717) is 22.1 Å². The van der Waals surface area contributed by atoms with E-state index in [2.05, 4.69) is 22.0 Å². The maximum Gasteiger partial charge on any atom is 0.121 e. The van der Waals surface area contributed by atoms with Gasteiger partial charge in [0.15, 0.2) is 0 Å². The number of hydrogen-bond acceptors (Lipinski definition) is 3. The zero-order valence-corrected chi connectivity index (χ0v) is 14.9. The van der Waals surface area contributed by atoms with E-state index < -0.39 is 0 Å². The van der Waals surface area contributed by atoms with Gasteiger partial charge in [-0.2, -0.15) is 0 Å². The topological polar surface area (TPSA) is 25.4 Å². The van der Waals surface area contributed by atoms with E-state index in [0.717, 1.165) is 30.8 Å². The van der Waals surface area contributed by atoms with E-state index >= 15 is 0 Å². The van der Waals surface area contributed by atoms with Crippen molar-refractivity contribution in [2.75, 3.05) is 0 Å². The average Bonchev–Trinajstić information content (AvgIpc) is 2.81. The fraction of sp³-hybridized carbons (Fsp3) is 0.421. The van der Waals surface area contributed by atoms with Crippen molar-refractivity contribution < 1.29 is 4.74 Å². The van der Waals surface area contributed by atoms with Crippen LogP contribution in [0.2, 0.25) is 10.0 Å². The lowest BCUT2D eigenvalue weighted by atomic mass is 9.99. The molecule has 2 fully saturated rings. The van der Waals surface area contributed by atoms with Crippen LogP contribution in [0.25, 0.3) is 0 Å². The van der Waals surface area contributed by atoms with E-state index in [1.54, 1.807) is 6.07 Å². The maximum absolute atomic E-state index is 6.19. The van der Waals surface area contributed by atoms with Crippen molar-refractivity contribution in [1.82, 2.24) is 9.88 Å². The van der Waals surface area contributed by atoms with E-state index in [4.69, 9.17) is 27.9 Å². The lowest BCUT2D eigenvalue weighted by molar-refractivity contribution is 0.0438. The summed E-state index contributed by atoms with van der Waals surface area (Å²) >= 11 is 12.1. The van der Waals surface area contributed by atoms with Crippen LogP contribution in [-0.2, 0) is 6.54 Å². The average molecular weight is 363 g/mol. The predicted molar refractivity (Wildman–Crippen MR) is 96.7 cm³/mol. The molecule has 2 aliphatic rings. The fourth-order valence-electron chi connectivity index (χ4n) is 4.00. The molecule has 2 unspecified atom stereocenters. The molecule has 0 saturated carbocycles. The number of fused-ring (bicyclic) bond motifs is 2. The first-order valence-electron chi connectivity index (χ1n) is 8.46. The molecular weight excluding hydrogens is 343 g/mol. The van der Waals surface area contributed by atoms with Crippen LogP contribution in [0.5, 0.6) is 5.75 Å². The Labute approximate surface area is 152 Å². The monoisotopic (exact) mass is 362 g/mol. The van der Waals surface area contributed by atoms with Crippen LogP contribution in [0.15, 0.2) is 42.6 Å². The van der Waals surface area contributed by atoms with Gasteiger partial charge in [0, 0.05) is 30.9 Å². The minimum Gasteiger partial charge on any atom is -0.490 e. The van der Waals surface area contributed by atoms with Gasteiger partial charge in [-0.15, -0.1) is 0 Å². The Bertz CT molecular complexity index is 696. The molecule has 3 nitrogen and oxygen atoms in total. The van der Waals surface area contributed by atoms with Crippen molar-refractivity contribution >= 4 is 23.2 Å². The molecule has 4 rings (SSSR count). The van der Waals surface area contributed by atoms with Crippen LogP contribution in [0.3, 0.4) is 0 Å². The Balaban J connectivity index is 1.41. The number of halogens is 2. The van der Waals surface area contributed by atoms with Crippen molar-refractivity contribution in [1.29, 1.82) is 0 Å². The van der Waals surface area contributed by atoms with Crippen LogP contribution in [-0.4, -0.2) is 28.1 Å². The Morgan fingerprint density at radius 1 is 1.04 bits per heavy atom. The summed E-state index contributed by atoms with van der Waals surface area (Å²) in [4.78, 5) is 7.08. The summed E-state index contributed by atoms with van der Waals surface area (Å²) in [6, 6.07) is 12.8. The van der Waals surface area contributed by atoms with Gasteiger partial charge in [-0.05, 0) is 49.9 Å². The zero-order chi connectivity index (χ0) is 16.5. The second-order valence-corrected chi connectivity index (χ2v) is 7.48. The number of piperidine rings is 1. The molecule has 3 heterocycles. The van der Waals surface area contributed by atoms with Gasteiger partial charge >= 0.3 is 0 Å². The van der Waals surface area contributed by atoms with Gasteiger partial charge in [-0.1, -0.05) is 29.3 Å². The van der Waals surface area contributed by atoms with Crippen LogP contribution < -0.4 is 4.74 Å². The van der Waals surface area contributed by atoms with Gasteiger partial charge in [0.05, 0.1) is 15.7 Å². The Morgan fingerprint density at radius 2 is 1.83 bits per heavy atom. The molecular formula is C19H20Cl2N2O. The maximum atomic E-state index is 6.19. The van der Waals surface area contributed by atoms with Crippen molar-refractivity contribution in [3.63, 3.8) is 0 Å². The number of nitrogens with zero attached hydrogens (tertiary/aromatic N) is 2. The molecule has 5 heteroatoms. The molecule has 0 N–H and O–H groups in total. The lowest BCUT2D eigenvalue weighted by Crippen LogP contribution is -2.45. The zero-order valence-electron chi connectivity index (χ0n) is 13.4. The summed E-state index contributed by atoms with van der Waals surface area (Å²) in [6.07, 6.45) is 6.74. The van der Waals surface area contributed by atoms with E-state index in [1.165, 1.54) is 12.8 Å². The SMILES string of the molecule is Clc1ccc(OC2CC3CCC(C2)N3Cc2ccccn2)cc1Cl. The predicted octanol–water partition coefficient (Wildman–Crippen LogP) is 4.96. The van der Waals surface area contributed by atoms with Gasteiger partial charge in [0.2, 0.25) is 0 Å². The standard InChI is InChI=1S/C19H20Cl2N2O/c20-18-7-6-16(11-19(18)21)24-17-9-14-4-5-15(10-17)23(14)12-13-3-1-2-8-22-13/h1-3,6-8,11,14-15,17H,4-5,9-10,12H2. The molecule has 2 aromatic rings. The summed E-state index contributed by atoms with van der Waals surface area (Å²) in [5.74, 6) is 0.812. The summed E-state index contributed by atoms with van der Waals surface area (Å²) in [5, 5.41) is 1.11. The fourth-order valence-corrected chi connectivity index (χ4v) is 4.29. The van der Waals surface area contributed by atoms with Crippen LogP contribution in [0.4, 0.5) is 0 Å². The summed E-state index contributed by atoms with van der Waals surface area (Å²) in [7, 11) is 0. The van der Waals surface area contributed by atoms with Gasteiger partial charge in [-0.3, -0.25) is 9.88 Å². The van der Waals surface area contributed by atoms with Gasteiger partial charge in [0.25, 0.3) is 0 Å². The number of aromatic nitrogens is 1. The quantitative estimate of drug-likeness (QED) is 0.768. The molecule has 2 aliphatic heterocycles. The molecule has 24 heavy (non-hydrogen) atoms. The van der Waals surface area contributed by atoms with Crippen molar-refractivity contribution in [3.8, 4) is 5.75 Å². The number of rotatable bonds is 4. The van der Waals surface area contributed by atoms with E-state index in [1.807, 2.05) is 24.4 Å². The first kappa shape index (κ1) is 16.2. The summed E-state index contributed by atoms with van der Waals surface area (Å²) < 4.78 is 6.19. The second kappa shape index (κ2) is 6.91. The molecule has 0 aliphatic carbocycles.